The van der Waals surface area contributed by atoms with Gasteiger partial charge in [0.15, 0.2) is 0 Å². The zero-order chi connectivity index (χ0) is 10.8. The smallest absolute Gasteiger partial charge is 0.147 e. The van der Waals surface area contributed by atoms with Crippen LogP contribution in [-0.2, 0) is 6.54 Å². The molecule has 0 saturated carbocycles. The SMILES string of the molecule is c1cnc(Cn2cnc3ccccc32)nc1. The Balaban J connectivity index is 2.01. The molecule has 1 aromatic carbocycles. The van der Waals surface area contributed by atoms with E-state index in [2.05, 4.69) is 15.0 Å². The lowest BCUT2D eigenvalue weighted by Crippen LogP contribution is -2.02. The molecule has 0 amide bonds. The van der Waals surface area contributed by atoms with Crippen LogP contribution in [0, 0.1) is 0 Å². The van der Waals surface area contributed by atoms with Gasteiger partial charge in [0.1, 0.15) is 5.82 Å². The van der Waals surface area contributed by atoms with E-state index in [9.17, 15) is 0 Å². The Hall–Kier alpha value is -2.23. The van der Waals surface area contributed by atoms with E-state index in [1.54, 1.807) is 12.4 Å². The van der Waals surface area contributed by atoms with Gasteiger partial charge in [-0.2, -0.15) is 0 Å². The molecule has 0 bridgehead atoms. The van der Waals surface area contributed by atoms with Crippen LogP contribution in [-0.4, -0.2) is 19.5 Å². The van der Waals surface area contributed by atoms with Crippen LogP contribution in [0.1, 0.15) is 5.82 Å². The second kappa shape index (κ2) is 3.73. The quantitative estimate of drug-likeness (QED) is 0.648. The predicted molar refractivity (Wildman–Crippen MR) is 60.9 cm³/mol. The molecule has 0 unspecified atom stereocenters. The largest absolute Gasteiger partial charge is 0.323 e. The summed E-state index contributed by atoms with van der Waals surface area (Å²) in [5.74, 6) is 0.797. The molecule has 0 spiro atoms. The van der Waals surface area contributed by atoms with Gasteiger partial charge in [-0.05, 0) is 18.2 Å². The normalized spacial score (nSPS) is 10.8. The van der Waals surface area contributed by atoms with Crippen molar-refractivity contribution in [2.24, 2.45) is 0 Å². The Labute approximate surface area is 92.6 Å². The summed E-state index contributed by atoms with van der Waals surface area (Å²) in [5, 5.41) is 0. The van der Waals surface area contributed by atoms with Crippen molar-refractivity contribution in [3.8, 4) is 0 Å². The first-order valence-electron chi connectivity index (χ1n) is 5.09. The summed E-state index contributed by atoms with van der Waals surface area (Å²) in [6.07, 6.45) is 5.32. The monoisotopic (exact) mass is 210 g/mol. The van der Waals surface area contributed by atoms with E-state index < -0.39 is 0 Å². The molecule has 0 N–H and O–H groups in total. The van der Waals surface area contributed by atoms with E-state index in [1.807, 2.05) is 41.2 Å². The van der Waals surface area contributed by atoms with Crippen LogP contribution in [0.2, 0.25) is 0 Å². The molecule has 2 aromatic heterocycles. The number of para-hydroxylation sites is 2. The molecule has 0 aliphatic carbocycles. The molecule has 0 aliphatic heterocycles. The van der Waals surface area contributed by atoms with Crippen molar-refractivity contribution in [2.45, 2.75) is 6.54 Å². The van der Waals surface area contributed by atoms with Gasteiger partial charge in [0.2, 0.25) is 0 Å². The van der Waals surface area contributed by atoms with E-state index in [1.165, 1.54) is 0 Å². The maximum absolute atomic E-state index is 4.32. The zero-order valence-electron chi connectivity index (χ0n) is 8.61. The summed E-state index contributed by atoms with van der Waals surface area (Å²) in [6.45, 7) is 0.654. The topological polar surface area (TPSA) is 43.6 Å². The Bertz CT molecular complexity index is 600. The van der Waals surface area contributed by atoms with Gasteiger partial charge >= 0.3 is 0 Å². The molecule has 0 fully saturated rings. The van der Waals surface area contributed by atoms with Crippen molar-refractivity contribution in [1.82, 2.24) is 19.5 Å². The van der Waals surface area contributed by atoms with Crippen molar-refractivity contribution in [1.29, 1.82) is 0 Å². The summed E-state index contributed by atoms with van der Waals surface area (Å²) in [7, 11) is 0. The molecule has 0 saturated heterocycles. The average Bonchev–Trinajstić information content (AvgIpc) is 2.74. The van der Waals surface area contributed by atoms with Gasteiger partial charge < -0.3 is 4.57 Å². The minimum atomic E-state index is 0.654. The third kappa shape index (κ3) is 1.54. The molecule has 16 heavy (non-hydrogen) atoms. The summed E-state index contributed by atoms with van der Waals surface area (Å²) in [6, 6.07) is 9.85. The number of aromatic nitrogens is 4. The van der Waals surface area contributed by atoms with Crippen LogP contribution in [0.4, 0.5) is 0 Å². The van der Waals surface area contributed by atoms with E-state index in [-0.39, 0.29) is 0 Å². The average molecular weight is 210 g/mol. The number of nitrogens with zero attached hydrogens (tertiary/aromatic N) is 4. The molecule has 4 heteroatoms. The Morgan fingerprint density at radius 3 is 2.62 bits per heavy atom. The highest BCUT2D eigenvalue weighted by atomic mass is 15.1. The fourth-order valence-corrected chi connectivity index (χ4v) is 1.70. The highest BCUT2D eigenvalue weighted by Crippen LogP contribution is 2.12. The summed E-state index contributed by atoms with van der Waals surface area (Å²) < 4.78 is 2.05. The molecular weight excluding hydrogens is 200 g/mol. The minimum absolute atomic E-state index is 0.654. The van der Waals surface area contributed by atoms with Gasteiger partial charge in [-0.15, -0.1) is 0 Å². The molecule has 4 nitrogen and oxygen atoms in total. The summed E-state index contributed by atoms with van der Waals surface area (Å²) in [4.78, 5) is 12.7. The van der Waals surface area contributed by atoms with Gasteiger partial charge in [-0.1, -0.05) is 12.1 Å². The van der Waals surface area contributed by atoms with Crippen molar-refractivity contribution < 1.29 is 0 Å². The van der Waals surface area contributed by atoms with E-state index in [4.69, 9.17) is 0 Å². The molecule has 0 radical (unpaired) electrons. The maximum atomic E-state index is 4.32. The standard InChI is InChI=1S/C12H10N4/c1-2-5-11-10(4-1)15-9-16(11)8-12-13-6-3-7-14-12/h1-7,9H,8H2. The van der Waals surface area contributed by atoms with Crippen LogP contribution in [0.15, 0.2) is 49.1 Å². The van der Waals surface area contributed by atoms with Crippen molar-refractivity contribution in [3.05, 3.63) is 54.9 Å². The number of imidazole rings is 1. The first-order valence-corrected chi connectivity index (χ1v) is 5.09. The highest BCUT2D eigenvalue weighted by molar-refractivity contribution is 5.74. The number of hydrogen-bond acceptors (Lipinski definition) is 3. The predicted octanol–water partition coefficient (Wildman–Crippen LogP) is 1.87. The van der Waals surface area contributed by atoms with Gasteiger partial charge in [-0.3, -0.25) is 0 Å². The lowest BCUT2D eigenvalue weighted by Gasteiger charge is -2.01. The first-order chi connectivity index (χ1) is 7.93. The van der Waals surface area contributed by atoms with Crippen LogP contribution >= 0.6 is 0 Å². The third-order valence-electron chi connectivity index (χ3n) is 2.46. The Kier molecular flexibility index (Phi) is 2.11. The van der Waals surface area contributed by atoms with Crippen molar-refractivity contribution >= 4 is 11.0 Å². The fourth-order valence-electron chi connectivity index (χ4n) is 1.70. The van der Waals surface area contributed by atoms with Gasteiger partial charge in [0.05, 0.1) is 23.9 Å². The molecule has 0 aliphatic rings. The lowest BCUT2D eigenvalue weighted by atomic mass is 10.3. The number of fused-ring (bicyclic) bond motifs is 1. The molecule has 3 rings (SSSR count). The Morgan fingerprint density at radius 1 is 0.938 bits per heavy atom. The zero-order valence-corrected chi connectivity index (χ0v) is 8.61. The molecule has 78 valence electrons. The second-order valence-electron chi connectivity index (χ2n) is 3.53. The van der Waals surface area contributed by atoms with E-state index in [0.717, 1.165) is 16.9 Å². The Morgan fingerprint density at radius 2 is 1.75 bits per heavy atom. The van der Waals surface area contributed by atoms with Crippen LogP contribution in [0.5, 0.6) is 0 Å². The number of rotatable bonds is 2. The maximum Gasteiger partial charge on any atom is 0.147 e. The van der Waals surface area contributed by atoms with Gasteiger partial charge in [0.25, 0.3) is 0 Å². The number of benzene rings is 1. The molecule has 0 atom stereocenters. The fraction of sp³-hybridized carbons (Fsp3) is 0.0833. The van der Waals surface area contributed by atoms with Crippen LogP contribution in [0.3, 0.4) is 0 Å². The molecular formula is C12H10N4. The van der Waals surface area contributed by atoms with Crippen LogP contribution in [0.25, 0.3) is 11.0 Å². The van der Waals surface area contributed by atoms with E-state index >= 15 is 0 Å². The van der Waals surface area contributed by atoms with Crippen molar-refractivity contribution in [2.75, 3.05) is 0 Å². The first kappa shape index (κ1) is 9.03. The summed E-state index contributed by atoms with van der Waals surface area (Å²) >= 11 is 0. The third-order valence-corrected chi connectivity index (χ3v) is 2.46. The minimum Gasteiger partial charge on any atom is -0.323 e. The highest BCUT2D eigenvalue weighted by Gasteiger charge is 2.02. The van der Waals surface area contributed by atoms with Crippen molar-refractivity contribution in [3.63, 3.8) is 0 Å². The van der Waals surface area contributed by atoms with Gasteiger partial charge in [0, 0.05) is 12.4 Å². The second-order valence-corrected chi connectivity index (χ2v) is 3.53. The summed E-state index contributed by atoms with van der Waals surface area (Å²) in [5.41, 5.74) is 2.10. The van der Waals surface area contributed by atoms with E-state index in [0.29, 0.717) is 6.54 Å². The molecule has 3 aromatic rings. The van der Waals surface area contributed by atoms with Crippen LogP contribution < -0.4 is 0 Å². The lowest BCUT2D eigenvalue weighted by molar-refractivity contribution is 0.763. The number of hydrogen-bond donors (Lipinski definition) is 0. The molecule has 2 heterocycles. The van der Waals surface area contributed by atoms with Gasteiger partial charge in [-0.25, -0.2) is 15.0 Å².